The average molecular weight is 482 g/mol. The van der Waals surface area contributed by atoms with Gasteiger partial charge in [0.05, 0.1) is 12.7 Å². The molecule has 2 rings (SSSR count). The van der Waals surface area contributed by atoms with Crippen molar-refractivity contribution in [3.05, 3.63) is 5.21 Å². The maximum Gasteiger partial charge on any atom is 2.00 e. The summed E-state index contributed by atoms with van der Waals surface area (Å²) in [4.78, 5) is 0. The number of ether oxygens (including phenoxy) is 3. The fourth-order valence-corrected chi connectivity index (χ4v) is 3.70. The van der Waals surface area contributed by atoms with E-state index >= 15 is 0 Å². The molecule has 0 aromatic heterocycles. The molecule has 0 bridgehead atoms. The summed E-state index contributed by atoms with van der Waals surface area (Å²) in [5.74, 6) is -0.999. The molecule has 0 aromatic rings. The average Bonchev–Trinajstić information content (AvgIpc) is 2.88. The molecule has 0 saturated carbocycles. The monoisotopic (exact) mass is 482 g/mol. The van der Waals surface area contributed by atoms with Gasteiger partial charge in [-0.3, -0.25) is 8.92 Å². The Labute approximate surface area is 220 Å². The topological polar surface area (TPSA) is 224 Å². The molecule has 2 aliphatic heterocycles. The summed E-state index contributed by atoms with van der Waals surface area (Å²) >= 11 is 0. The number of quaternary nitrogens is 1. The third-order valence-electron chi connectivity index (χ3n) is 4.62. The van der Waals surface area contributed by atoms with Crippen LogP contribution in [-0.2, 0) is 28.8 Å². The zero-order chi connectivity index (χ0) is 19.6. The minimum atomic E-state index is -5.16. The van der Waals surface area contributed by atoms with Gasteiger partial charge in [-0.2, -0.15) is 0 Å². The Balaban J connectivity index is 0. The number of hydrogen-bond acceptors (Lipinski definition) is 12. The molecule has 13 nitrogen and oxygen atoms in total. The van der Waals surface area contributed by atoms with Crippen LogP contribution in [0.2, 0.25) is 0 Å². The Morgan fingerprint density at radius 3 is 2.17 bits per heavy atom. The van der Waals surface area contributed by atoms with Gasteiger partial charge in [-0.25, -0.2) is 8.42 Å². The van der Waals surface area contributed by atoms with E-state index in [0.717, 1.165) is 0 Å². The summed E-state index contributed by atoms with van der Waals surface area (Å²) < 4.78 is 53.8. The van der Waals surface area contributed by atoms with E-state index in [1.54, 1.807) is 6.92 Å². The normalized spacial score (nSPS) is 39.8. The molecule has 0 aliphatic carbocycles. The van der Waals surface area contributed by atoms with E-state index in [9.17, 15) is 33.5 Å². The second-order valence-electron chi connectivity index (χ2n) is 6.32. The van der Waals surface area contributed by atoms with Gasteiger partial charge in [0.25, 0.3) is 0 Å². The molecule has 0 spiro atoms. The first-order chi connectivity index (χ1) is 12.1. The number of aliphatic hydroxyl groups is 3. The molecule has 2 heterocycles. The molecule has 0 amide bonds. The summed E-state index contributed by atoms with van der Waals surface area (Å²) in [7, 11) is -5.16. The van der Waals surface area contributed by atoms with Gasteiger partial charge in [0.2, 0.25) is 16.6 Å². The Kier molecular flexibility index (Phi) is 16.0. The van der Waals surface area contributed by atoms with E-state index < -0.39 is 72.1 Å². The van der Waals surface area contributed by atoms with Crippen molar-refractivity contribution in [3.63, 3.8) is 0 Å². The van der Waals surface area contributed by atoms with Gasteiger partial charge in [-0.15, -0.1) is 0 Å². The van der Waals surface area contributed by atoms with Crippen LogP contribution in [0, 0.1) is 11.1 Å². The van der Waals surface area contributed by atoms with Gasteiger partial charge in [-0.1, -0.05) is 13.8 Å². The molecule has 0 radical (unpaired) electrons. The maximum atomic E-state index is 11.1. The van der Waals surface area contributed by atoms with Crippen molar-refractivity contribution in [2.45, 2.75) is 69.4 Å². The van der Waals surface area contributed by atoms with Crippen LogP contribution in [0.25, 0.3) is 0 Å². The Bertz CT molecular complexity index is 572. The summed E-state index contributed by atoms with van der Waals surface area (Å²) in [5.41, 5.74) is 0.314. The second-order valence-corrected chi connectivity index (χ2v) is 7.33. The van der Waals surface area contributed by atoms with E-state index in [0.29, 0.717) is 11.9 Å². The molecule has 2 aliphatic rings. The fourth-order valence-electron chi connectivity index (χ4n) is 3.16. The van der Waals surface area contributed by atoms with Gasteiger partial charge < -0.3 is 45.5 Å². The molecule has 2 saturated heterocycles. The molecule has 0 aromatic carbocycles. The van der Waals surface area contributed by atoms with Gasteiger partial charge >= 0.3 is 67.3 Å². The van der Waals surface area contributed by atoms with Crippen molar-refractivity contribution < 1.29 is 87.2 Å². The second kappa shape index (κ2) is 14.1. The molecule has 9 atom stereocenters. The third kappa shape index (κ3) is 8.24. The first-order valence-electron chi connectivity index (χ1n) is 8.15. The van der Waals surface area contributed by atoms with Crippen LogP contribution < -0.4 is 35.0 Å². The van der Waals surface area contributed by atoms with Crippen molar-refractivity contribution in [1.29, 1.82) is 0 Å². The van der Waals surface area contributed by atoms with E-state index in [4.69, 9.17) is 14.2 Å². The standard InChI is InChI=1S/C13H25NO11S.Ca.Na.H2O/c1-3-6-11(9(17)7(4-15)22-6)23-13-10(25-26(19,20)21)5(2)8(16)12(14-18)24-13;;;/h5-13,15-17H,3-4,14H2,1-2H3,(H,19,20,21);;;1H2/q;+2;+1;/p-2. The van der Waals surface area contributed by atoms with E-state index in [1.807, 2.05) is 0 Å². The van der Waals surface area contributed by atoms with Gasteiger partial charge in [-0.05, 0) is 6.42 Å². The molecule has 2 fully saturated rings. The SMILES string of the molecule is CCC1OC(CO)C(O)C1OC1OC([NH2+][O-])C(O)C(C)C1OS(=O)(=O)[O-].[Ca+2].[Na+].[OH-]. The Morgan fingerprint density at radius 2 is 1.72 bits per heavy atom. The zero-order valence-corrected chi connectivity index (χ0v) is 21.4. The van der Waals surface area contributed by atoms with Crippen molar-refractivity contribution in [2.24, 2.45) is 5.92 Å². The van der Waals surface area contributed by atoms with Crippen molar-refractivity contribution in [2.75, 3.05) is 6.61 Å². The van der Waals surface area contributed by atoms with Crippen LogP contribution in [0.4, 0.5) is 0 Å². The van der Waals surface area contributed by atoms with E-state index in [-0.39, 0.29) is 72.8 Å². The molecule has 29 heavy (non-hydrogen) atoms. The van der Waals surface area contributed by atoms with Crippen LogP contribution in [0.5, 0.6) is 0 Å². The minimum Gasteiger partial charge on any atom is -0.870 e. The number of aliphatic hydroxyl groups excluding tert-OH is 3. The summed E-state index contributed by atoms with van der Waals surface area (Å²) in [6.07, 6.45) is -9.29. The van der Waals surface area contributed by atoms with Gasteiger partial charge in [0.15, 0.2) is 6.29 Å². The third-order valence-corrected chi connectivity index (χ3v) is 5.08. The van der Waals surface area contributed by atoms with Crippen LogP contribution in [0.15, 0.2) is 0 Å². The molecule has 16 heteroatoms. The smallest absolute Gasteiger partial charge is 0.870 e. The number of rotatable bonds is 7. The number of hydrogen-bond donors (Lipinski definition) is 4. The van der Waals surface area contributed by atoms with Crippen LogP contribution in [0.3, 0.4) is 0 Å². The minimum absolute atomic E-state index is 0. The summed E-state index contributed by atoms with van der Waals surface area (Å²) in [6.45, 7) is 2.64. The molecule has 9 unspecified atom stereocenters. The van der Waals surface area contributed by atoms with Crippen LogP contribution in [0.1, 0.15) is 20.3 Å². The summed E-state index contributed by atoms with van der Waals surface area (Å²) in [6, 6.07) is 0. The van der Waals surface area contributed by atoms with Crippen molar-refractivity contribution in [3.8, 4) is 0 Å². The predicted octanol–water partition coefficient (Wildman–Crippen LogP) is -7.07. The van der Waals surface area contributed by atoms with Gasteiger partial charge in [0.1, 0.15) is 30.5 Å². The Hall–Kier alpha value is 1.77. The first-order valence-corrected chi connectivity index (χ1v) is 9.49. The van der Waals surface area contributed by atoms with Crippen LogP contribution in [-0.4, -0.2) is 127 Å². The molecular formula is C13H25CaNNaO12S+. The Morgan fingerprint density at radius 1 is 1.14 bits per heavy atom. The largest absolute Gasteiger partial charge is 2.00 e. The molecular weight excluding hydrogens is 457 g/mol. The summed E-state index contributed by atoms with van der Waals surface area (Å²) in [5, 5.41) is 40.6. The zero-order valence-electron chi connectivity index (χ0n) is 16.4. The van der Waals surface area contributed by atoms with Crippen molar-refractivity contribution >= 4 is 48.1 Å². The fraction of sp³-hybridized carbons (Fsp3) is 1.00. The maximum absolute atomic E-state index is 11.1. The van der Waals surface area contributed by atoms with Crippen LogP contribution >= 0.6 is 0 Å². The first kappa shape index (κ1) is 32.9. The molecule has 162 valence electrons. The van der Waals surface area contributed by atoms with Crippen molar-refractivity contribution in [1.82, 2.24) is 0 Å². The van der Waals surface area contributed by atoms with Gasteiger partial charge in [0, 0.05) is 5.92 Å². The number of nitrogens with two attached hydrogens (primary N) is 1. The van der Waals surface area contributed by atoms with E-state index in [1.165, 1.54) is 6.92 Å². The number of hydroxylamine groups is 1. The predicted molar refractivity (Wildman–Crippen MR) is 88.3 cm³/mol. The molecule has 6 N–H and O–H groups in total. The van der Waals surface area contributed by atoms with E-state index in [2.05, 4.69) is 4.18 Å². The quantitative estimate of drug-likeness (QED) is 0.115.